The lowest BCUT2D eigenvalue weighted by atomic mass is 10.1. The molecule has 0 amide bonds. The van der Waals surface area contributed by atoms with Gasteiger partial charge >= 0.3 is 11.7 Å². The molecule has 0 aliphatic carbocycles. The van der Waals surface area contributed by atoms with Crippen LogP contribution < -0.4 is 4.90 Å². The molecule has 1 unspecified atom stereocenters. The van der Waals surface area contributed by atoms with Crippen LogP contribution in [-0.4, -0.2) is 36.6 Å². The number of hydrogen-bond donors (Lipinski definition) is 0. The highest BCUT2D eigenvalue weighted by Gasteiger charge is 2.23. The van der Waals surface area contributed by atoms with Crippen LogP contribution in [0.3, 0.4) is 0 Å². The number of nitro groups is 1. The SMILES string of the molecule is COC(=O)C(C)CN(C)c1ncc(Cl)cc1[N+](=O)[O-]. The molecular formula is C11H14ClN3O4. The van der Waals surface area contributed by atoms with Gasteiger partial charge in [-0.2, -0.15) is 0 Å². The molecule has 0 aliphatic heterocycles. The number of pyridine rings is 1. The highest BCUT2D eigenvalue weighted by atomic mass is 35.5. The molecule has 1 aromatic heterocycles. The van der Waals surface area contributed by atoms with Crippen molar-refractivity contribution in [1.29, 1.82) is 0 Å². The molecule has 0 saturated carbocycles. The molecule has 0 spiro atoms. The molecule has 0 fully saturated rings. The number of esters is 1. The van der Waals surface area contributed by atoms with Crippen molar-refractivity contribution in [3.8, 4) is 0 Å². The normalized spacial score (nSPS) is 11.8. The van der Waals surface area contributed by atoms with Crippen molar-refractivity contribution in [2.45, 2.75) is 6.92 Å². The summed E-state index contributed by atoms with van der Waals surface area (Å²) in [5, 5.41) is 11.1. The summed E-state index contributed by atoms with van der Waals surface area (Å²) in [6.45, 7) is 1.92. The summed E-state index contributed by atoms with van der Waals surface area (Å²) >= 11 is 5.68. The molecule has 19 heavy (non-hydrogen) atoms. The number of methoxy groups -OCH3 is 1. The topological polar surface area (TPSA) is 85.6 Å². The fourth-order valence-corrected chi connectivity index (χ4v) is 1.77. The van der Waals surface area contributed by atoms with Gasteiger partial charge in [-0.25, -0.2) is 4.98 Å². The van der Waals surface area contributed by atoms with Crippen LogP contribution in [0.15, 0.2) is 12.3 Å². The van der Waals surface area contributed by atoms with Crippen LogP contribution in [0.25, 0.3) is 0 Å². The van der Waals surface area contributed by atoms with Crippen molar-refractivity contribution in [3.63, 3.8) is 0 Å². The van der Waals surface area contributed by atoms with Crippen LogP contribution in [0.4, 0.5) is 11.5 Å². The molecule has 0 N–H and O–H groups in total. The van der Waals surface area contributed by atoms with Gasteiger partial charge in [0.1, 0.15) is 0 Å². The molecular weight excluding hydrogens is 274 g/mol. The maximum Gasteiger partial charge on any atom is 0.313 e. The largest absolute Gasteiger partial charge is 0.469 e. The summed E-state index contributed by atoms with van der Waals surface area (Å²) in [7, 11) is 2.91. The third-order valence-electron chi connectivity index (χ3n) is 2.52. The third-order valence-corrected chi connectivity index (χ3v) is 2.73. The van der Waals surface area contributed by atoms with E-state index in [2.05, 4.69) is 9.72 Å². The molecule has 0 radical (unpaired) electrons. The van der Waals surface area contributed by atoms with E-state index >= 15 is 0 Å². The van der Waals surface area contributed by atoms with Crippen molar-refractivity contribution in [1.82, 2.24) is 4.98 Å². The minimum absolute atomic E-state index is 0.158. The standard InChI is InChI=1S/C11H14ClN3O4/c1-7(11(16)19-3)6-14(2)10-9(15(17)18)4-8(12)5-13-10/h4-5,7H,6H2,1-3H3. The van der Waals surface area contributed by atoms with Gasteiger partial charge in [-0.05, 0) is 0 Å². The maximum absolute atomic E-state index is 11.3. The fourth-order valence-electron chi connectivity index (χ4n) is 1.62. The van der Waals surface area contributed by atoms with E-state index in [0.717, 1.165) is 0 Å². The molecule has 0 bridgehead atoms. The third kappa shape index (κ3) is 3.78. The monoisotopic (exact) mass is 287 g/mol. The number of aromatic nitrogens is 1. The summed E-state index contributed by atoms with van der Waals surface area (Å²) < 4.78 is 4.60. The van der Waals surface area contributed by atoms with Crippen molar-refractivity contribution in [2.24, 2.45) is 5.92 Å². The maximum atomic E-state index is 11.3. The Bertz CT molecular complexity index is 495. The summed E-state index contributed by atoms with van der Waals surface area (Å²) in [6.07, 6.45) is 1.32. The van der Waals surface area contributed by atoms with Gasteiger partial charge in [-0.15, -0.1) is 0 Å². The number of halogens is 1. The van der Waals surface area contributed by atoms with E-state index in [1.165, 1.54) is 24.3 Å². The predicted molar refractivity (Wildman–Crippen MR) is 70.4 cm³/mol. The van der Waals surface area contributed by atoms with Gasteiger partial charge in [-0.1, -0.05) is 18.5 Å². The Kier molecular flexibility index (Phi) is 5.05. The van der Waals surface area contributed by atoms with Gasteiger partial charge in [0.05, 0.1) is 23.0 Å². The van der Waals surface area contributed by atoms with Crippen molar-refractivity contribution in [3.05, 3.63) is 27.4 Å². The van der Waals surface area contributed by atoms with Crippen LogP contribution in [-0.2, 0) is 9.53 Å². The predicted octanol–water partition coefficient (Wildman–Crippen LogP) is 1.89. The van der Waals surface area contributed by atoms with Crippen molar-refractivity contribution >= 4 is 29.1 Å². The Hall–Kier alpha value is -1.89. The van der Waals surface area contributed by atoms with E-state index in [4.69, 9.17) is 11.6 Å². The average molecular weight is 288 g/mol. The number of ether oxygens (including phenoxy) is 1. The molecule has 0 aliphatic rings. The van der Waals surface area contributed by atoms with Crippen molar-refractivity contribution in [2.75, 3.05) is 25.6 Å². The van der Waals surface area contributed by atoms with Crippen molar-refractivity contribution < 1.29 is 14.5 Å². The minimum Gasteiger partial charge on any atom is -0.469 e. The first-order valence-corrected chi connectivity index (χ1v) is 5.83. The molecule has 8 heteroatoms. The highest BCUT2D eigenvalue weighted by Crippen LogP contribution is 2.27. The smallest absolute Gasteiger partial charge is 0.313 e. The Morgan fingerprint density at radius 1 is 1.68 bits per heavy atom. The number of hydrogen-bond acceptors (Lipinski definition) is 6. The fraction of sp³-hybridized carbons (Fsp3) is 0.455. The van der Waals surface area contributed by atoms with Gasteiger partial charge in [-0.3, -0.25) is 14.9 Å². The molecule has 0 saturated heterocycles. The molecule has 1 atom stereocenters. The van der Waals surface area contributed by atoms with Crippen LogP contribution >= 0.6 is 11.6 Å². The van der Waals surface area contributed by atoms with Gasteiger partial charge in [0.25, 0.3) is 0 Å². The molecule has 1 aromatic rings. The average Bonchev–Trinajstić information content (AvgIpc) is 2.37. The van der Waals surface area contributed by atoms with Gasteiger partial charge in [0, 0.05) is 25.9 Å². The highest BCUT2D eigenvalue weighted by molar-refractivity contribution is 6.30. The number of carbonyl (C=O) groups excluding carboxylic acids is 1. The second kappa shape index (κ2) is 6.33. The summed E-state index contributed by atoms with van der Waals surface area (Å²) in [4.78, 5) is 27.2. The quantitative estimate of drug-likeness (QED) is 0.467. The Labute approximate surface area is 115 Å². The summed E-state index contributed by atoms with van der Waals surface area (Å²) in [6, 6.07) is 1.23. The van der Waals surface area contributed by atoms with Gasteiger partial charge in [0.15, 0.2) is 0 Å². The first-order valence-electron chi connectivity index (χ1n) is 5.45. The van der Waals surface area contributed by atoms with Crippen LogP contribution in [0.5, 0.6) is 0 Å². The zero-order valence-corrected chi connectivity index (χ0v) is 11.5. The molecule has 1 rings (SSSR count). The van der Waals surface area contributed by atoms with E-state index in [1.54, 1.807) is 14.0 Å². The van der Waals surface area contributed by atoms with Gasteiger partial charge < -0.3 is 9.64 Å². The Balaban J connectivity index is 2.96. The Morgan fingerprint density at radius 3 is 2.84 bits per heavy atom. The second-order valence-electron chi connectivity index (χ2n) is 4.06. The zero-order chi connectivity index (χ0) is 14.6. The van der Waals surface area contributed by atoms with E-state index < -0.39 is 10.8 Å². The second-order valence-corrected chi connectivity index (χ2v) is 4.49. The number of rotatable bonds is 5. The number of carbonyl (C=O) groups is 1. The van der Waals surface area contributed by atoms with E-state index in [-0.39, 0.29) is 29.0 Å². The molecule has 104 valence electrons. The van der Waals surface area contributed by atoms with E-state index in [9.17, 15) is 14.9 Å². The zero-order valence-electron chi connectivity index (χ0n) is 10.8. The molecule has 1 heterocycles. The minimum atomic E-state index is -0.562. The molecule has 0 aromatic carbocycles. The lowest BCUT2D eigenvalue weighted by Gasteiger charge is -2.20. The van der Waals surface area contributed by atoms with Crippen LogP contribution in [0, 0.1) is 16.0 Å². The van der Waals surface area contributed by atoms with Crippen LogP contribution in [0.2, 0.25) is 5.02 Å². The van der Waals surface area contributed by atoms with E-state index in [1.807, 2.05) is 0 Å². The Morgan fingerprint density at radius 2 is 2.32 bits per heavy atom. The molecule has 7 nitrogen and oxygen atoms in total. The lowest BCUT2D eigenvalue weighted by Crippen LogP contribution is -2.30. The first kappa shape index (κ1) is 15.2. The van der Waals surface area contributed by atoms with Crippen LogP contribution in [0.1, 0.15) is 6.92 Å². The lowest BCUT2D eigenvalue weighted by molar-refractivity contribution is -0.384. The summed E-state index contributed by atoms with van der Waals surface area (Å²) in [5.74, 6) is -0.652. The van der Waals surface area contributed by atoms with Gasteiger partial charge in [0.2, 0.25) is 5.82 Å². The number of nitrogens with zero attached hydrogens (tertiary/aromatic N) is 3. The van der Waals surface area contributed by atoms with E-state index in [0.29, 0.717) is 0 Å². The summed E-state index contributed by atoms with van der Waals surface area (Å²) in [5.41, 5.74) is -0.202. The first-order chi connectivity index (χ1) is 8.86. The number of anilines is 1.